The SMILES string of the molecule is CCCCCCCCCCC(F)(F)C(F)(F)C(F)(F)C(F)(F)C(F)(F)F. The van der Waals surface area contributed by atoms with Gasteiger partial charge in [0.15, 0.2) is 0 Å². The summed E-state index contributed by atoms with van der Waals surface area (Å²) >= 11 is 0. The molecule has 0 aliphatic rings. The van der Waals surface area contributed by atoms with Crippen LogP contribution in [0.15, 0.2) is 0 Å². The molecule has 0 bridgehead atoms. The Morgan fingerprint density at radius 3 is 1.23 bits per heavy atom. The molecule has 158 valence electrons. The van der Waals surface area contributed by atoms with Gasteiger partial charge in [-0.1, -0.05) is 51.9 Å². The molecule has 0 aliphatic heterocycles. The summed E-state index contributed by atoms with van der Waals surface area (Å²) in [4.78, 5) is 0. The smallest absolute Gasteiger partial charge is 0.200 e. The van der Waals surface area contributed by atoms with E-state index in [1.54, 1.807) is 0 Å². The number of rotatable bonds is 12. The lowest BCUT2D eigenvalue weighted by molar-refractivity contribution is -0.422. The number of alkyl halides is 11. The molecule has 0 radical (unpaired) electrons. The largest absolute Gasteiger partial charge is 0.460 e. The van der Waals surface area contributed by atoms with Gasteiger partial charge in [-0.05, 0) is 6.42 Å². The average Bonchev–Trinajstić information content (AvgIpc) is 2.48. The lowest BCUT2D eigenvalue weighted by Crippen LogP contribution is -2.66. The van der Waals surface area contributed by atoms with Crippen LogP contribution in [0.2, 0.25) is 0 Å². The van der Waals surface area contributed by atoms with E-state index in [0.717, 1.165) is 25.7 Å². The minimum absolute atomic E-state index is 0.0565. The van der Waals surface area contributed by atoms with Crippen molar-refractivity contribution < 1.29 is 48.3 Å². The third kappa shape index (κ3) is 5.37. The van der Waals surface area contributed by atoms with Gasteiger partial charge in [0, 0.05) is 6.42 Å². The number of hydrogen-bond donors (Lipinski definition) is 0. The first-order valence-electron chi connectivity index (χ1n) is 8.14. The Morgan fingerprint density at radius 1 is 0.462 bits per heavy atom. The first kappa shape index (κ1) is 25.2. The molecular formula is C15H21F11. The third-order valence-corrected chi connectivity index (χ3v) is 3.95. The minimum Gasteiger partial charge on any atom is -0.200 e. The number of halogens is 11. The Bertz CT molecular complexity index is 412. The fourth-order valence-corrected chi connectivity index (χ4v) is 2.24. The molecule has 0 saturated heterocycles. The van der Waals surface area contributed by atoms with E-state index in [4.69, 9.17) is 0 Å². The van der Waals surface area contributed by atoms with E-state index in [9.17, 15) is 48.3 Å². The molecule has 0 unspecified atom stereocenters. The number of unbranched alkanes of at least 4 members (excludes halogenated alkanes) is 7. The molecule has 0 amide bonds. The van der Waals surface area contributed by atoms with Crippen molar-refractivity contribution in [1.82, 2.24) is 0 Å². The Labute approximate surface area is 144 Å². The Kier molecular flexibility index (Phi) is 8.68. The van der Waals surface area contributed by atoms with Gasteiger partial charge < -0.3 is 0 Å². The van der Waals surface area contributed by atoms with Crippen LogP contribution in [0.5, 0.6) is 0 Å². The minimum atomic E-state index is -7.30. The van der Waals surface area contributed by atoms with E-state index in [0.29, 0.717) is 12.8 Å². The van der Waals surface area contributed by atoms with Crippen molar-refractivity contribution in [3.05, 3.63) is 0 Å². The van der Waals surface area contributed by atoms with E-state index in [-0.39, 0.29) is 6.42 Å². The summed E-state index contributed by atoms with van der Waals surface area (Å²) in [5.74, 6) is -27.2. The van der Waals surface area contributed by atoms with Crippen LogP contribution in [0.3, 0.4) is 0 Å². The van der Waals surface area contributed by atoms with Crippen LogP contribution in [0.4, 0.5) is 48.3 Å². The summed E-state index contributed by atoms with van der Waals surface area (Å²) in [7, 11) is 0. The predicted molar refractivity (Wildman–Crippen MR) is 73.1 cm³/mol. The molecule has 0 atom stereocenters. The van der Waals surface area contributed by atoms with E-state index < -0.39 is 42.7 Å². The molecule has 26 heavy (non-hydrogen) atoms. The lowest BCUT2D eigenvalue weighted by atomic mass is 9.94. The third-order valence-electron chi connectivity index (χ3n) is 3.95. The van der Waals surface area contributed by atoms with Crippen molar-refractivity contribution in [1.29, 1.82) is 0 Å². The molecule has 0 aliphatic carbocycles. The predicted octanol–water partition coefficient (Wildman–Crippen LogP) is 7.62. The first-order chi connectivity index (χ1) is 11.6. The maximum absolute atomic E-state index is 13.4. The molecule has 0 saturated carbocycles. The highest BCUT2D eigenvalue weighted by Gasteiger charge is 2.86. The van der Waals surface area contributed by atoms with Crippen molar-refractivity contribution in [3.63, 3.8) is 0 Å². The van der Waals surface area contributed by atoms with Gasteiger partial charge in [-0.25, -0.2) is 0 Å². The van der Waals surface area contributed by atoms with Gasteiger partial charge in [-0.3, -0.25) is 0 Å². The Hall–Kier alpha value is -0.770. The molecule has 0 aromatic carbocycles. The summed E-state index contributed by atoms with van der Waals surface area (Å²) in [5.41, 5.74) is 0. The van der Waals surface area contributed by atoms with E-state index in [1.807, 2.05) is 6.92 Å². The molecule has 0 N–H and O–H groups in total. The molecule has 0 heterocycles. The summed E-state index contributed by atoms with van der Waals surface area (Å²) in [6, 6.07) is 0. The topological polar surface area (TPSA) is 0 Å². The van der Waals surface area contributed by atoms with Crippen molar-refractivity contribution >= 4 is 0 Å². The molecule has 0 spiro atoms. The Morgan fingerprint density at radius 2 is 0.846 bits per heavy atom. The number of hydrogen-bond acceptors (Lipinski definition) is 0. The maximum atomic E-state index is 13.4. The van der Waals surface area contributed by atoms with Crippen LogP contribution in [0, 0.1) is 0 Å². The quantitative estimate of drug-likeness (QED) is 0.229. The lowest BCUT2D eigenvalue weighted by Gasteiger charge is -2.37. The van der Waals surface area contributed by atoms with Crippen LogP contribution in [0.1, 0.15) is 64.7 Å². The van der Waals surface area contributed by atoms with Crippen LogP contribution >= 0.6 is 0 Å². The molecule has 0 fully saturated rings. The maximum Gasteiger partial charge on any atom is 0.460 e. The zero-order chi connectivity index (χ0) is 20.9. The van der Waals surface area contributed by atoms with Crippen molar-refractivity contribution in [2.45, 2.75) is 94.6 Å². The second kappa shape index (κ2) is 8.95. The van der Waals surface area contributed by atoms with Crippen LogP contribution in [0.25, 0.3) is 0 Å². The normalized spacial score (nSPS) is 14.8. The van der Waals surface area contributed by atoms with Gasteiger partial charge in [-0.2, -0.15) is 48.3 Å². The van der Waals surface area contributed by atoms with Gasteiger partial charge in [0.1, 0.15) is 0 Å². The zero-order valence-electron chi connectivity index (χ0n) is 14.0. The van der Waals surface area contributed by atoms with E-state index in [2.05, 4.69) is 0 Å². The summed E-state index contributed by atoms with van der Waals surface area (Å²) in [6.07, 6.45) is -5.31. The monoisotopic (exact) mass is 410 g/mol. The fourth-order valence-electron chi connectivity index (χ4n) is 2.24. The van der Waals surface area contributed by atoms with Crippen LogP contribution in [-0.4, -0.2) is 29.9 Å². The zero-order valence-corrected chi connectivity index (χ0v) is 14.0. The molecule has 0 nitrogen and oxygen atoms in total. The average molecular weight is 410 g/mol. The molecular weight excluding hydrogens is 389 g/mol. The molecule has 0 aromatic heterocycles. The van der Waals surface area contributed by atoms with Gasteiger partial charge in [0.2, 0.25) is 0 Å². The second-order valence-corrected chi connectivity index (χ2v) is 6.15. The fraction of sp³-hybridized carbons (Fsp3) is 1.00. The molecule has 0 aromatic rings. The van der Waals surface area contributed by atoms with Gasteiger partial charge in [0.05, 0.1) is 0 Å². The van der Waals surface area contributed by atoms with E-state index in [1.165, 1.54) is 0 Å². The first-order valence-corrected chi connectivity index (χ1v) is 8.14. The summed E-state index contributed by atoms with van der Waals surface area (Å²) in [5, 5.41) is 0. The molecule has 0 rings (SSSR count). The van der Waals surface area contributed by atoms with Crippen molar-refractivity contribution in [2.24, 2.45) is 0 Å². The van der Waals surface area contributed by atoms with Gasteiger partial charge in [-0.15, -0.1) is 0 Å². The second-order valence-electron chi connectivity index (χ2n) is 6.15. The highest BCUT2D eigenvalue weighted by molar-refractivity contribution is 5.06. The van der Waals surface area contributed by atoms with Crippen LogP contribution in [-0.2, 0) is 0 Å². The van der Waals surface area contributed by atoms with Crippen LogP contribution < -0.4 is 0 Å². The van der Waals surface area contributed by atoms with Gasteiger partial charge >= 0.3 is 29.9 Å². The highest BCUT2D eigenvalue weighted by Crippen LogP contribution is 2.58. The molecule has 11 heteroatoms. The standard InChI is InChI=1S/C15H21F11/c1-2-3-4-5-6-7-8-9-10-11(16,17)12(18,19)13(20,21)14(22,23)15(24,25)26/h2-10H2,1H3. The summed E-state index contributed by atoms with van der Waals surface area (Å²) in [6.45, 7) is 1.96. The van der Waals surface area contributed by atoms with Crippen molar-refractivity contribution in [3.8, 4) is 0 Å². The Balaban J connectivity index is 4.83. The highest BCUT2D eigenvalue weighted by atomic mass is 19.4. The van der Waals surface area contributed by atoms with Crippen molar-refractivity contribution in [2.75, 3.05) is 0 Å². The van der Waals surface area contributed by atoms with Gasteiger partial charge in [0.25, 0.3) is 0 Å². The van der Waals surface area contributed by atoms with E-state index >= 15 is 0 Å². The summed E-state index contributed by atoms with van der Waals surface area (Å²) < 4.78 is 140.